The molecule has 1 amide bonds. The van der Waals surface area contributed by atoms with Crippen LogP contribution in [0.25, 0.3) is 10.8 Å². The minimum absolute atomic E-state index is 0.0222. The minimum atomic E-state index is -1.04. The average Bonchev–Trinajstić information content (AvgIpc) is 2.67. The van der Waals surface area contributed by atoms with Crippen molar-refractivity contribution < 1.29 is 19.4 Å². The standard InChI is InChI=1S/C27H42N2O5/c1-10-11-14-33-23-21-15-19(34-18(2)3)12-13-20(21)24(30)28(17-26(4,5)6)22(23)16-29(25(31)32)27(7,8)9/h12-13,15,18H,10-11,14,16-17H2,1-9H3,(H,31,32). The van der Waals surface area contributed by atoms with Gasteiger partial charge >= 0.3 is 6.09 Å². The third kappa shape index (κ3) is 6.90. The zero-order chi connectivity index (χ0) is 25.8. The lowest BCUT2D eigenvalue weighted by molar-refractivity contribution is 0.0924. The molecule has 0 saturated carbocycles. The summed E-state index contributed by atoms with van der Waals surface area (Å²) in [6, 6.07) is 5.42. The molecular formula is C27H42N2O5. The first-order valence-electron chi connectivity index (χ1n) is 12.1. The molecule has 0 aliphatic heterocycles. The van der Waals surface area contributed by atoms with Gasteiger partial charge in [0.15, 0.2) is 0 Å². The maximum absolute atomic E-state index is 13.7. The highest BCUT2D eigenvalue weighted by Gasteiger charge is 2.31. The van der Waals surface area contributed by atoms with E-state index in [2.05, 4.69) is 27.7 Å². The molecule has 1 N–H and O–H groups in total. The van der Waals surface area contributed by atoms with E-state index in [0.717, 1.165) is 12.8 Å². The number of rotatable bonds is 9. The zero-order valence-electron chi connectivity index (χ0n) is 22.3. The van der Waals surface area contributed by atoms with E-state index in [1.165, 1.54) is 4.90 Å². The first-order valence-corrected chi connectivity index (χ1v) is 12.1. The molecule has 1 heterocycles. The molecule has 0 aliphatic rings. The number of fused-ring (bicyclic) bond motifs is 1. The van der Waals surface area contributed by atoms with Crippen LogP contribution in [0.3, 0.4) is 0 Å². The van der Waals surface area contributed by atoms with Crippen molar-refractivity contribution in [3.63, 3.8) is 0 Å². The van der Waals surface area contributed by atoms with E-state index in [0.29, 0.717) is 41.1 Å². The van der Waals surface area contributed by atoms with Crippen LogP contribution in [0.5, 0.6) is 11.5 Å². The molecule has 34 heavy (non-hydrogen) atoms. The molecule has 0 bridgehead atoms. The molecule has 0 aliphatic carbocycles. The fraction of sp³-hybridized carbons (Fsp3) is 0.630. The van der Waals surface area contributed by atoms with Crippen molar-refractivity contribution in [2.24, 2.45) is 5.41 Å². The highest BCUT2D eigenvalue weighted by Crippen LogP contribution is 2.34. The number of hydrogen-bond acceptors (Lipinski definition) is 4. The maximum Gasteiger partial charge on any atom is 0.408 e. The molecule has 1 aromatic carbocycles. The zero-order valence-corrected chi connectivity index (χ0v) is 22.3. The fourth-order valence-electron chi connectivity index (χ4n) is 3.81. The average molecular weight is 475 g/mol. The van der Waals surface area contributed by atoms with Crippen LogP contribution in [-0.4, -0.2) is 38.9 Å². The molecule has 190 valence electrons. The number of carboxylic acid groups (broad SMARTS) is 1. The summed E-state index contributed by atoms with van der Waals surface area (Å²) in [7, 11) is 0. The van der Waals surface area contributed by atoms with Crippen LogP contribution in [0.15, 0.2) is 23.0 Å². The van der Waals surface area contributed by atoms with Gasteiger partial charge in [0.2, 0.25) is 0 Å². The largest absolute Gasteiger partial charge is 0.491 e. The van der Waals surface area contributed by atoms with Gasteiger partial charge in [-0.05, 0) is 64.7 Å². The van der Waals surface area contributed by atoms with E-state index in [-0.39, 0.29) is 23.6 Å². The second-order valence-corrected chi connectivity index (χ2v) is 11.3. The van der Waals surface area contributed by atoms with Gasteiger partial charge in [0.1, 0.15) is 11.5 Å². The number of benzene rings is 1. The number of carbonyl (C=O) groups is 1. The second-order valence-electron chi connectivity index (χ2n) is 11.3. The molecule has 1 aromatic heterocycles. The molecule has 0 unspecified atom stereocenters. The molecule has 2 aromatic rings. The van der Waals surface area contributed by atoms with Crippen molar-refractivity contribution in [3.05, 3.63) is 34.2 Å². The van der Waals surface area contributed by atoms with Gasteiger partial charge in [-0.3, -0.25) is 9.69 Å². The first kappa shape index (κ1) is 27.5. The van der Waals surface area contributed by atoms with Crippen LogP contribution in [0.2, 0.25) is 0 Å². The van der Waals surface area contributed by atoms with Crippen molar-refractivity contribution in [1.82, 2.24) is 9.47 Å². The number of nitrogens with zero attached hydrogens (tertiary/aromatic N) is 2. The summed E-state index contributed by atoms with van der Waals surface area (Å²) in [6.07, 6.45) is 0.744. The smallest absolute Gasteiger partial charge is 0.408 e. The van der Waals surface area contributed by atoms with Crippen molar-refractivity contribution in [3.8, 4) is 11.5 Å². The number of unbranched alkanes of at least 4 members (excludes halogenated alkanes) is 1. The summed E-state index contributed by atoms with van der Waals surface area (Å²) >= 11 is 0. The molecule has 0 radical (unpaired) electrons. The quantitative estimate of drug-likeness (QED) is 0.432. The van der Waals surface area contributed by atoms with Crippen molar-refractivity contribution in [2.75, 3.05) is 6.61 Å². The van der Waals surface area contributed by atoms with Gasteiger partial charge < -0.3 is 19.1 Å². The van der Waals surface area contributed by atoms with Gasteiger partial charge in [0, 0.05) is 17.5 Å². The predicted octanol–water partition coefficient (Wildman–Crippen LogP) is 6.29. The molecule has 0 atom stereocenters. The van der Waals surface area contributed by atoms with Crippen LogP contribution in [-0.2, 0) is 13.1 Å². The lowest BCUT2D eigenvalue weighted by Gasteiger charge is -2.35. The van der Waals surface area contributed by atoms with E-state index in [1.54, 1.807) is 16.7 Å². The van der Waals surface area contributed by atoms with Crippen LogP contribution in [0.4, 0.5) is 4.79 Å². The highest BCUT2D eigenvalue weighted by molar-refractivity contribution is 5.90. The Morgan fingerprint density at radius 2 is 1.76 bits per heavy atom. The molecule has 0 saturated heterocycles. The maximum atomic E-state index is 13.7. The number of amides is 1. The van der Waals surface area contributed by atoms with E-state index < -0.39 is 11.6 Å². The third-order valence-electron chi connectivity index (χ3n) is 5.40. The summed E-state index contributed by atoms with van der Waals surface area (Å²) in [5, 5.41) is 11.2. The normalized spacial score (nSPS) is 12.3. The lowest BCUT2D eigenvalue weighted by atomic mass is 9.96. The number of aromatic nitrogens is 1. The molecular weight excluding hydrogens is 432 g/mol. The number of hydrogen-bond donors (Lipinski definition) is 1. The molecule has 7 heteroatoms. The Morgan fingerprint density at radius 1 is 1.12 bits per heavy atom. The van der Waals surface area contributed by atoms with Gasteiger partial charge in [-0.2, -0.15) is 0 Å². The number of ether oxygens (including phenoxy) is 2. The molecule has 7 nitrogen and oxygen atoms in total. The number of pyridine rings is 1. The Labute approximate surface area is 203 Å². The molecule has 0 fully saturated rings. The van der Waals surface area contributed by atoms with Crippen LogP contribution < -0.4 is 15.0 Å². The first-order chi connectivity index (χ1) is 15.7. The Kier molecular flexibility index (Phi) is 8.67. The van der Waals surface area contributed by atoms with Crippen LogP contribution in [0.1, 0.15) is 80.8 Å². The minimum Gasteiger partial charge on any atom is -0.491 e. The van der Waals surface area contributed by atoms with Crippen molar-refractivity contribution >= 4 is 16.9 Å². The Hall–Kier alpha value is -2.70. The topological polar surface area (TPSA) is 81.0 Å². The van der Waals surface area contributed by atoms with E-state index >= 15 is 0 Å². The summed E-state index contributed by atoms with van der Waals surface area (Å²) in [6.45, 7) is 18.7. The third-order valence-corrected chi connectivity index (χ3v) is 5.40. The predicted molar refractivity (Wildman–Crippen MR) is 137 cm³/mol. The lowest BCUT2D eigenvalue weighted by Crippen LogP contribution is -2.45. The van der Waals surface area contributed by atoms with Gasteiger partial charge in [-0.1, -0.05) is 34.1 Å². The summed E-state index contributed by atoms with van der Waals surface area (Å²) in [5.74, 6) is 1.20. The van der Waals surface area contributed by atoms with Gasteiger partial charge in [0.05, 0.1) is 30.3 Å². The van der Waals surface area contributed by atoms with Crippen LogP contribution in [0, 0.1) is 5.41 Å². The molecule has 0 spiro atoms. The van der Waals surface area contributed by atoms with Gasteiger partial charge in [-0.15, -0.1) is 0 Å². The summed E-state index contributed by atoms with van der Waals surface area (Å²) < 4.78 is 13.9. The molecule has 2 rings (SSSR count). The van der Waals surface area contributed by atoms with Gasteiger partial charge in [-0.25, -0.2) is 4.79 Å². The van der Waals surface area contributed by atoms with E-state index in [9.17, 15) is 14.7 Å². The van der Waals surface area contributed by atoms with Crippen LogP contribution >= 0.6 is 0 Å². The van der Waals surface area contributed by atoms with E-state index in [1.807, 2.05) is 40.7 Å². The Morgan fingerprint density at radius 3 is 2.26 bits per heavy atom. The van der Waals surface area contributed by atoms with Crippen molar-refractivity contribution in [1.29, 1.82) is 0 Å². The highest BCUT2D eigenvalue weighted by atomic mass is 16.5. The fourth-order valence-corrected chi connectivity index (χ4v) is 3.81. The Bertz CT molecular complexity index is 1060. The van der Waals surface area contributed by atoms with Gasteiger partial charge in [0.25, 0.3) is 5.56 Å². The van der Waals surface area contributed by atoms with E-state index in [4.69, 9.17) is 9.47 Å². The van der Waals surface area contributed by atoms with Crippen molar-refractivity contribution in [2.45, 2.75) is 99.9 Å². The SMILES string of the molecule is CCCCOc1c(CN(C(=O)O)C(C)(C)C)n(CC(C)(C)C)c(=O)c2ccc(OC(C)C)cc12. The monoisotopic (exact) mass is 474 g/mol. The summed E-state index contributed by atoms with van der Waals surface area (Å²) in [5.41, 5.74) is -0.448. The second kappa shape index (κ2) is 10.7. The Balaban J connectivity index is 2.90. The summed E-state index contributed by atoms with van der Waals surface area (Å²) in [4.78, 5) is 27.3.